The largest absolute Gasteiger partial charge is 0.395 e. The first-order valence-electron chi connectivity index (χ1n) is 9.89. The van der Waals surface area contributed by atoms with Gasteiger partial charge in [-0.1, -0.05) is 54.1 Å². The van der Waals surface area contributed by atoms with Crippen molar-refractivity contribution in [1.82, 2.24) is 9.80 Å². The van der Waals surface area contributed by atoms with Gasteiger partial charge in [-0.2, -0.15) is 0 Å². The first-order valence-corrected chi connectivity index (χ1v) is 9.89. The number of aliphatic hydroxyl groups excluding tert-OH is 1. The molecule has 1 N–H and O–H groups in total. The van der Waals surface area contributed by atoms with Gasteiger partial charge in [0.1, 0.15) is 0 Å². The Morgan fingerprint density at radius 2 is 1.54 bits per heavy atom. The van der Waals surface area contributed by atoms with Gasteiger partial charge in [-0.3, -0.25) is 4.90 Å². The number of fused-ring (bicyclic) bond motifs is 1. The van der Waals surface area contributed by atoms with Crippen LogP contribution >= 0.6 is 0 Å². The SMILES string of the molecule is Cc1ccc(-c2ccc([C@H]3[C@@H](CO)N4CCCCN(C)C[C@H]34)cc2)cc1. The summed E-state index contributed by atoms with van der Waals surface area (Å²) < 4.78 is 0. The fourth-order valence-corrected chi connectivity index (χ4v) is 4.76. The predicted molar refractivity (Wildman–Crippen MR) is 107 cm³/mol. The monoisotopic (exact) mass is 350 g/mol. The number of rotatable bonds is 3. The van der Waals surface area contributed by atoms with Crippen LogP contribution in [0, 0.1) is 6.92 Å². The molecule has 26 heavy (non-hydrogen) atoms. The third-order valence-corrected chi connectivity index (χ3v) is 6.25. The highest BCUT2D eigenvalue weighted by atomic mass is 16.3. The molecule has 0 aliphatic carbocycles. The molecule has 138 valence electrons. The van der Waals surface area contributed by atoms with Crippen LogP contribution in [-0.2, 0) is 0 Å². The Bertz CT molecular complexity index is 725. The van der Waals surface area contributed by atoms with Crippen LogP contribution in [0.1, 0.15) is 29.9 Å². The lowest BCUT2D eigenvalue weighted by atomic mass is 9.74. The summed E-state index contributed by atoms with van der Waals surface area (Å²) in [6.07, 6.45) is 2.49. The summed E-state index contributed by atoms with van der Waals surface area (Å²) in [5, 5.41) is 9.99. The fraction of sp³-hybridized carbons (Fsp3) is 0.478. The summed E-state index contributed by atoms with van der Waals surface area (Å²) in [6, 6.07) is 18.5. The number of aliphatic hydroxyl groups is 1. The lowest BCUT2D eigenvalue weighted by Gasteiger charge is -2.57. The molecule has 3 nitrogen and oxygen atoms in total. The molecule has 2 heterocycles. The summed E-state index contributed by atoms with van der Waals surface area (Å²) in [7, 11) is 2.23. The van der Waals surface area contributed by atoms with Crippen LogP contribution in [0.2, 0.25) is 0 Å². The Labute approximate surface area is 157 Å². The van der Waals surface area contributed by atoms with Gasteiger partial charge in [-0.05, 0) is 56.6 Å². The third kappa shape index (κ3) is 3.32. The van der Waals surface area contributed by atoms with Crippen LogP contribution in [-0.4, -0.2) is 60.3 Å². The van der Waals surface area contributed by atoms with Crippen molar-refractivity contribution in [2.75, 3.05) is 33.3 Å². The molecule has 0 amide bonds. The molecular weight excluding hydrogens is 320 g/mol. The minimum absolute atomic E-state index is 0.255. The maximum atomic E-state index is 9.99. The molecule has 2 aromatic rings. The summed E-state index contributed by atoms with van der Waals surface area (Å²) in [5.41, 5.74) is 5.19. The molecule has 2 saturated heterocycles. The van der Waals surface area contributed by atoms with Gasteiger partial charge in [0, 0.05) is 24.5 Å². The number of hydrogen-bond donors (Lipinski definition) is 1. The van der Waals surface area contributed by atoms with E-state index in [-0.39, 0.29) is 12.6 Å². The van der Waals surface area contributed by atoms with E-state index in [1.807, 2.05) is 0 Å². The Morgan fingerprint density at radius 1 is 0.923 bits per heavy atom. The van der Waals surface area contributed by atoms with Crippen molar-refractivity contribution in [3.05, 3.63) is 59.7 Å². The first kappa shape index (κ1) is 17.7. The van der Waals surface area contributed by atoms with E-state index in [1.165, 1.54) is 41.6 Å². The number of benzene rings is 2. The number of hydrogen-bond acceptors (Lipinski definition) is 3. The average molecular weight is 351 g/mol. The predicted octanol–water partition coefficient (Wildman–Crippen LogP) is 3.52. The van der Waals surface area contributed by atoms with Crippen molar-refractivity contribution in [1.29, 1.82) is 0 Å². The van der Waals surface area contributed by atoms with Crippen LogP contribution in [0.4, 0.5) is 0 Å². The maximum absolute atomic E-state index is 9.99. The van der Waals surface area contributed by atoms with Crippen LogP contribution in [0.3, 0.4) is 0 Å². The number of nitrogens with zero attached hydrogens (tertiary/aromatic N) is 2. The standard InChI is InChI=1S/C23H30N2O/c1-17-5-7-18(8-6-17)19-9-11-20(12-10-19)23-21-15-24(2)13-3-4-14-25(21)22(23)16-26/h5-12,21-23,26H,3-4,13-16H2,1-2H3/t21-,22-,23-/m1/s1. The average Bonchev–Trinajstić information content (AvgIpc) is 2.64. The van der Waals surface area contributed by atoms with Gasteiger partial charge in [0.15, 0.2) is 0 Å². The molecule has 2 aliphatic heterocycles. The summed E-state index contributed by atoms with van der Waals surface area (Å²) in [6.45, 7) is 5.79. The van der Waals surface area contributed by atoms with E-state index < -0.39 is 0 Å². The van der Waals surface area contributed by atoms with E-state index in [9.17, 15) is 5.11 Å². The molecule has 3 atom stereocenters. The van der Waals surface area contributed by atoms with Crippen molar-refractivity contribution in [3.63, 3.8) is 0 Å². The van der Waals surface area contributed by atoms with Gasteiger partial charge < -0.3 is 10.0 Å². The molecule has 0 spiro atoms. The van der Waals surface area contributed by atoms with E-state index in [1.54, 1.807) is 0 Å². The summed E-state index contributed by atoms with van der Waals surface area (Å²) in [4.78, 5) is 4.99. The minimum Gasteiger partial charge on any atom is -0.395 e. The highest BCUT2D eigenvalue weighted by Gasteiger charge is 2.48. The molecule has 0 aromatic heterocycles. The van der Waals surface area contributed by atoms with Crippen LogP contribution in [0.25, 0.3) is 11.1 Å². The molecule has 2 aromatic carbocycles. The normalized spacial score (nSPS) is 27.3. The van der Waals surface area contributed by atoms with Crippen molar-refractivity contribution >= 4 is 0 Å². The van der Waals surface area contributed by atoms with Gasteiger partial charge in [0.05, 0.1) is 6.61 Å². The Kier molecular flexibility index (Phi) is 5.12. The smallest absolute Gasteiger partial charge is 0.0593 e. The second-order valence-corrected chi connectivity index (χ2v) is 8.04. The molecular formula is C23H30N2O. The van der Waals surface area contributed by atoms with Gasteiger partial charge >= 0.3 is 0 Å². The van der Waals surface area contributed by atoms with Crippen molar-refractivity contribution < 1.29 is 5.11 Å². The summed E-state index contributed by atoms with van der Waals surface area (Å²) in [5.74, 6) is 0.438. The molecule has 2 fully saturated rings. The quantitative estimate of drug-likeness (QED) is 0.918. The highest BCUT2D eigenvalue weighted by Crippen LogP contribution is 2.42. The Morgan fingerprint density at radius 3 is 2.19 bits per heavy atom. The minimum atomic E-state index is 0.255. The van der Waals surface area contributed by atoms with E-state index >= 15 is 0 Å². The Hall–Kier alpha value is -1.68. The second-order valence-electron chi connectivity index (χ2n) is 8.04. The summed E-state index contributed by atoms with van der Waals surface area (Å²) >= 11 is 0. The third-order valence-electron chi connectivity index (χ3n) is 6.25. The molecule has 0 bridgehead atoms. The molecule has 0 radical (unpaired) electrons. The zero-order chi connectivity index (χ0) is 18.1. The Balaban J connectivity index is 1.56. The highest BCUT2D eigenvalue weighted by molar-refractivity contribution is 5.64. The van der Waals surface area contributed by atoms with E-state index in [2.05, 4.69) is 72.3 Å². The van der Waals surface area contributed by atoms with Crippen molar-refractivity contribution in [2.45, 2.75) is 37.8 Å². The topological polar surface area (TPSA) is 26.7 Å². The lowest BCUT2D eigenvalue weighted by molar-refractivity contribution is -0.0614. The molecule has 2 aliphatic rings. The lowest BCUT2D eigenvalue weighted by Crippen LogP contribution is -2.67. The van der Waals surface area contributed by atoms with Crippen LogP contribution in [0.15, 0.2) is 48.5 Å². The fourth-order valence-electron chi connectivity index (χ4n) is 4.76. The van der Waals surface area contributed by atoms with Crippen molar-refractivity contribution in [3.8, 4) is 11.1 Å². The van der Waals surface area contributed by atoms with E-state index in [4.69, 9.17) is 0 Å². The number of aryl methyl sites for hydroxylation is 1. The van der Waals surface area contributed by atoms with Crippen molar-refractivity contribution in [2.24, 2.45) is 0 Å². The zero-order valence-corrected chi connectivity index (χ0v) is 15.9. The first-order chi connectivity index (χ1) is 12.7. The zero-order valence-electron chi connectivity index (χ0n) is 15.9. The van der Waals surface area contributed by atoms with Gasteiger partial charge in [0.2, 0.25) is 0 Å². The van der Waals surface area contributed by atoms with Gasteiger partial charge in [-0.25, -0.2) is 0 Å². The number of likely N-dealkylation sites (N-methyl/N-ethyl adjacent to an activating group) is 1. The van der Waals surface area contributed by atoms with E-state index in [0.717, 1.165) is 13.1 Å². The molecule has 4 rings (SSSR count). The maximum Gasteiger partial charge on any atom is 0.0593 e. The molecule has 0 unspecified atom stereocenters. The van der Waals surface area contributed by atoms with E-state index in [0.29, 0.717) is 12.0 Å². The van der Waals surface area contributed by atoms with Gasteiger partial charge in [0.25, 0.3) is 0 Å². The second kappa shape index (κ2) is 7.51. The van der Waals surface area contributed by atoms with Gasteiger partial charge in [-0.15, -0.1) is 0 Å². The molecule has 0 saturated carbocycles. The van der Waals surface area contributed by atoms with Crippen LogP contribution < -0.4 is 0 Å². The molecule has 3 heteroatoms. The van der Waals surface area contributed by atoms with Crippen LogP contribution in [0.5, 0.6) is 0 Å².